The Morgan fingerprint density at radius 2 is 1.89 bits per heavy atom. The molecule has 0 unspecified atom stereocenters. The minimum Gasteiger partial charge on any atom is -0.495 e. The molecule has 140 valence electrons. The molecule has 0 fully saturated rings. The van der Waals surface area contributed by atoms with Gasteiger partial charge in [-0.1, -0.05) is 35.9 Å². The van der Waals surface area contributed by atoms with Gasteiger partial charge in [0.05, 0.1) is 23.0 Å². The molecule has 4 aromatic rings. The molecule has 28 heavy (non-hydrogen) atoms. The van der Waals surface area contributed by atoms with Crippen molar-refractivity contribution in [1.29, 1.82) is 0 Å². The zero-order valence-electron chi connectivity index (χ0n) is 14.9. The van der Waals surface area contributed by atoms with Crippen molar-refractivity contribution in [1.82, 2.24) is 4.98 Å². The standard InChI is InChI=1S/C21H16ClN3O2S/c1-27-18-10-9-14(22)12-17(18)25-21(26)23-15-6-4-5-13(11-15)20-24-16-7-2-3-8-19(16)28-20/h2-12H,1H3,(H2,23,25,26). The molecule has 0 bridgehead atoms. The van der Waals surface area contributed by atoms with Crippen molar-refractivity contribution in [3.8, 4) is 16.3 Å². The van der Waals surface area contributed by atoms with Crippen LogP contribution in [-0.4, -0.2) is 18.1 Å². The number of para-hydroxylation sites is 1. The molecule has 7 heteroatoms. The number of halogens is 1. The fourth-order valence-corrected chi connectivity index (χ4v) is 3.92. The third-order valence-corrected chi connectivity index (χ3v) is 5.39. The highest BCUT2D eigenvalue weighted by Gasteiger charge is 2.10. The minimum atomic E-state index is -0.387. The fourth-order valence-electron chi connectivity index (χ4n) is 2.79. The zero-order valence-corrected chi connectivity index (χ0v) is 16.5. The topological polar surface area (TPSA) is 63.2 Å². The average Bonchev–Trinajstić information content (AvgIpc) is 3.13. The number of nitrogens with one attached hydrogen (secondary N) is 2. The lowest BCUT2D eigenvalue weighted by Crippen LogP contribution is -2.19. The SMILES string of the molecule is COc1ccc(Cl)cc1NC(=O)Nc1cccc(-c2nc3ccccc3s2)c1. The van der Waals surface area contributed by atoms with Crippen molar-refractivity contribution in [2.75, 3.05) is 17.7 Å². The number of ether oxygens (including phenoxy) is 1. The summed E-state index contributed by atoms with van der Waals surface area (Å²) >= 11 is 7.62. The van der Waals surface area contributed by atoms with Gasteiger partial charge in [0.1, 0.15) is 10.8 Å². The van der Waals surface area contributed by atoms with Crippen molar-refractivity contribution in [3.63, 3.8) is 0 Å². The van der Waals surface area contributed by atoms with Crippen molar-refractivity contribution in [3.05, 3.63) is 71.8 Å². The van der Waals surface area contributed by atoms with Gasteiger partial charge in [0.25, 0.3) is 0 Å². The predicted molar refractivity (Wildman–Crippen MR) is 116 cm³/mol. The van der Waals surface area contributed by atoms with Gasteiger partial charge in [-0.3, -0.25) is 0 Å². The molecular formula is C21H16ClN3O2S. The number of amides is 2. The maximum absolute atomic E-state index is 12.4. The summed E-state index contributed by atoms with van der Waals surface area (Å²) in [6, 6.07) is 20.2. The van der Waals surface area contributed by atoms with Crippen LogP contribution in [-0.2, 0) is 0 Å². The minimum absolute atomic E-state index is 0.387. The highest BCUT2D eigenvalue weighted by molar-refractivity contribution is 7.21. The van der Waals surface area contributed by atoms with Gasteiger partial charge in [-0.2, -0.15) is 0 Å². The molecule has 0 saturated carbocycles. The second kappa shape index (κ2) is 7.88. The van der Waals surface area contributed by atoms with Crippen LogP contribution in [0.1, 0.15) is 0 Å². The lowest BCUT2D eigenvalue weighted by molar-refractivity contribution is 0.262. The molecule has 3 aromatic carbocycles. The number of nitrogens with zero attached hydrogens (tertiary/aromatic N) is 1. The largest absolute Gasteiger partial charge is 0.495 e. The summed E-state index contributed by atoms with van der Waals surface area (Å²) in [5, 5.41) is 7.00. The van der Waals surface area contributed by atoms with Gasteiger partial charge in [0.15, 0.2) is 0 Å². The van der Waals surface area contributed by atoms with Gasteiger partial charge in [0, 0.05) is 16.3 Å². The number of carbonyl (C=O) groups is 1. The van der Waals surface area contributed by atoms with Crippen molar-refractivity contribution in [2.24, 2.45) is 0 Å². The Morgan fingerprint density at radius 3 is 2.71 bits per heavy atom. The third-order valence-electron chi connectivity index (χ3n) is 4.07. The number of urea groups is 1. The number of thiazole rings is 1. The molecule has 1 heterocycles. The van der Waals surface area contributed by atoms with E-state index in [0.29, 0.717) is 22.1 Å². The van der Waals surface area contributed by atoms with Crippen LogP contribution in [0.4, 0.5) is 16.2 Å². The van der Waals surface area contributed by atoms with Gasteiger partial charge in [-0.25, -0.2) is 9.78 Å². The van der Waals surface area contributed by atoms with E-state index in [1.54, 1.807) is 29.5 Å². The maximum Gasteiger partial charge on any atom is 0.323 e. The van der Waals surface area contributed by atoms with Gasteiger partial charge in [-0.05, 0) is 42.5 Å². The first kappa shape index (κ1) is 18.3. The number of carbonyl (C=O) groups excluding carboxylic acids is 1. The lowest BCUT2D eigenvalue weighted by Gasteiger charge is -2.12. The van der Waals surface area contributed by atoms with Crippen LogP contribution in [0.5, 0.6) is 5.75 Å². The highest BCUT2D eigenvalue weighted by atomic mass is 35.5. The summed E-state index contributed by atoms with van der Waals surface area (Å²) in [7, 11) is 1.54. The fraction of sp³-hybridized carbons (Fsp3) is 0.0476. The Kier molecular flexibility index (Phi) is 5.14. The van der Waals surface area contributed by atoms with E-state index in [4.69, 9.17) is 16.3 Å². The van der Waals surface area contributed by atoms with Gasteiger partial charge >= 0.3 is 6.03 Å². The summed E-state index contributed by atoms with van der Waals surface area (Å²) in [5.41, 5.74) is 3.07. The first-order valence-corrected chi connectivity index (χ1v) is 9.69. The Balaban J connectivity index is 1.53. The molecule has 0 aliphatic rings. The van der Waals surface area contributed by atoms with E-state index in [2.05, 4.69) is 15.6 Å². The second-order valence-electron chi connectivity index (χ2n) is 5.99. The van der Waals surface area contributed by atoms with E-state index in [9.17, 15) is 4.79 Å². The Labute approximate surface area is 170 Å². The number of methoxy groups -OCH3 is 1. The van der Waals surface area contributed by atoms with Crippen molar-refractivity contribution in [2.45, 2.75) is 0 Å². The molecule has 0 atom stereocenters. The number of aromatic nitrogens is 1. The van der Waals surface area contributed by atoms with E-state index < -0.39 is 0 Å². The number of rotatable bonds is 4. The van der Waals surface area contributed by atoms with Gasteiger partial charge in [0.2, 0.25) is 0 Å². The van der Waals surface area contributed by atoms with E-state index in [1.807, 2.05) is 48.5 Å². The lowest BCUT2D eigenvalue weighted by atomic mass is 10.2. The summed E-state index contributed by atoms with van der Waals surface area (Å²) in [5.74, 6) is 0.530. The van der Waals surface area contributed by atoms with E-state index >= 15 is 0 Å². The first-order valence-electron chi connectivity index (χ1n) is 8.50. The molecule has 0 saturated heterocycles. The normalized spacial score (nSPS) is 10.6. The van der Waals surface area contributed by atoms with Crippen LogP contribution >= 0.6 is 22.9 Å². The number of benzene rings is 3. The summed E-state index contributed by atoms with van der Waals surface area (Å²) in [6.45, 7) is 0. The average molecular weight is 410 g/mol. The Bertz CT molecular complexity index is 1130. The monoisotopic (exact) mass is 409 g/mol. The van der Waals surface area contributed by atoms with Crippen LogP contribution < -0.4 is 15.4 Å². The Morgan fingerprint density at radius 1 is 1.04 bits per heavy atom. The predicted octanol–water partition coefficient (Wildman–Crippen LogP) is 6.27. The first-order chi connectivity index (χ1) is 13.6. The zero-order chi connectivity index (χ0) is 19.5. The van der Waals surface area contributed by atoms with Crippen LogP contribution in [0.2, 0.25) is 5.02 Å². The highest BCUT2D eigenvalue weighted by Crippen LogP contribution is 2.31. The molecule has 1 aromatic heterocycles. The summed E-state index contributed by atoms with van der Waals surface area (Å²) in [4.78, 5) is 17.1. The van der Waals surface area contributed by atoms with E-state index in [0.717, 1.165) is 20.8 Å². The van der Waals surface area contributed by atoms with Crippen LogP contribution in [0.25, 0.3) is 20.8 Å². The number of anilines is 2. The molecule has 0 aliphatic heterocycles. The smallest absolute Gasteiger partial charge is 0.323 e. The second-order valence-corrected chi connectivity index (χ2v) is 7.46. The Hall–Kier alpha value is -3.09. The van der Waals surface area contributed by atoms with Crippen molar-refractivity contribution >= 4 is 50.6 Å². The molecule has 2 amide bonds. The van der Waals surface area contributed by atoms with Crippen LogP contribution in [0.3, 0.4) is 0 Å². The van der Waals surface area contributed by atoms with E-state index in [1.165, 1.54) is 7.11 Å². The number of fused-ring (bicyclic) bond motifs is 1. The molecule has 2 N–H and O–H groups in total. The molecule has 4 rings (SSSR count). The summed E-state index contributed by atoms with van der Waals surface area (Å²) < 4.78 is 6.38. The molecule has 0 radical (unpaired) electrons. The van der Waals surface area contributed by atoms with Crippen LogP contribution in [0, 0.1) is 0 Å². The quantitative estimate of drug-likeness (QED) is 0.417. The number of hydrogen-bond acceptors (Lipinski definition) is 4. The summed E-state index contributed by atoms with van der Waals surface area (Å²) in [6.07, 6.45) is 0. The molecule has 0 aliphatic carbocycles. The molecule has 5 nitrogen and oxygen atoms in total. The number of hydrogen-bond donors (Lipinski definition) is 2. The van der Waals surface area contributed by atoms with Gasteiger partial charge < -0.3 is 15.4 Å². The van der Waals surface area contributed by atoms with Crippen molar-refractivity contribution < 1.29 is 9.53 Å². The van der Waals surface area contributed by atoms with E-state index in [-0.39, 0.29) is 6.03 Å². The maximum atomic E-state index is 12.4. The van der Waals surface area contributed by atoms with Gasteiger partial charge in [-0.15, -0.1) is 11.3 Å². The molecule has 0 spiro atoms. The third kappa shape index (κ3) is 3.93. The molecular weight excluding hydrogens is 394 g/mol. The van der Waals surface area contributed by atoms with Crippen LogP contribution in [0.15, 0.2) is 66.7 Å².